The fourth-order valence-corrected chi connectivity index (χ4v) is 1.39. The van der Waals surface area contributed by atoms with Gasteiger partial charge in [0.1, 0.15) is 0 Å². The number of aromatic nitrogens is 2. The number of hydrogen-bond acceptors (Lipinski definition) is 2. The summed E-state index contributed by atoms with van der Waals surface area (Å²) in [7, 11) is 0. The Balaban J connectivity index is 0.000000531. The number of allylic oxidation sites excluding steroid dienone is 2. The van der Waals surface area contributed by atoms with Crippen LogP contribution in [-0.2, 0) is 0 Å². The molecule has 1 heterocycles. The zero-order chi connectivity index (χ0) is 11.3. The second kappa shape index (κ2) is 4.87. The van der Waals surface area contributed by atoms with E-state index in [4.69, 9.17) is 0 Å². The van der Waals surface area contributed by atoms with E-state index < -0.39 is 0 Å². The molecule has 0 amide bonds. The summed E-state index contributed by atoms with van der Waals surface area (Å²) in [5.74, 6) is 0. The van der Waals surface area contributed by atoms with Crippen molar-refractivity contribution in [3.8, 4) is 0 Å². The van der Waals surface area contributed by atoms with E-state index >= 15 is 0 Å². The maximum absolute atomic E-state index is 4.29. The van der Waals surface area contributed by atoms with Crippen LogP contribution in [0.2, 0.25) is 0 Å². The molecule has 0 radical (unpaired) electrons. The minimum Gasteiger partial charge on any atom is -0.253 e. The molecule has 1 aliphatic rings. The van der Waals surface area contributed by atoms with Gasteiger partial charge < -0.3 is 0 Å². The van der Waals surface area contributed by atoms with E-state index in [0.29, 0.717) is 0 Å². The fraction of sp³-hybridized carbons (Fsp3) is 0.385. The number of rotatable bonds is 0. The quantitative estimate of drug-likeness (QED) is 0.639. The van der Waals surface area contributed by atoms with Gasteiger partial charge in [0.2, 0.25) is 0 Å². The predicted octanol–water partition coefficient (Wildman–Crippen LogP) is 1.66. The molecule has 0 unspecified atom stereocenters. The van der Waals surface area contributed by atoms with Crippen molar-refractivity contribution < 1.29 is 0 Å². The first kappa shape index (κ1) is 11.6. The molecule has 0 saturated heterocycles. The molecule has 1 aromatic heterocycles. The highest BCUT2D eigenvalue weighted by atomic mass is 14.8. The molecular formula is C13H18N2. The van der Waals surface area contributed by atoms with Crippen LogP contribution in [0, 0.1) is 5.41 Å². The minimum atomic E-state index is 0.0672. The van der Waals surface area contributed by atoms with Crippen LogP contribution in [0.25, 0.3) is 12.2 Å². The Bertz CT molecular complexity index is 456. The van der Waals surface area contributed by atoms with Gasteiger partial charge in [-0.3, -0.25) is 9.97 Å². The second-order valence-corrected chi connectivity index (χ2v) is 3.82. The molecule has 80 valence electrons. The van der Waals surface area contributed by atoms with E-state index in [1.807, 2.05) is 26.0 Å². The zero-order valence-corrected chi connectivity index (χ0v) is 9.86. The zero-order valence-electron chi connectivity index (χ0n) is 9.86. The Morgan fingerprint density at radius 3 is 2.27 bits per heavy atom. The molecule has 0 aliphatic heterocycles. The molecule has 0 spiro atoms. The number of hydrogen-bond donors (Lipinski definition) is 0. The van der Waals surface area contributed by atoms with Gasteiger partial charge in [0.05, 0.1) is 10.7 Å². The Morgan fingerprint density at radius 2 is 1.60 bits per heavy atom. The largest absolute Gasteiger partial charge is 0.253 e. The number of fused-ring (bicyclic) bond motifs is 1. The molecule has 1 aromatic rings. The van der Waals surface area contributed by atoms with E-state index in [1.165, 1.54) is 0 Å². The summed E-state index contributed by atoms with van der Waals surface area (Å²) >= 11 is 0. The smallest absolute Gasteiger partial charge is 0.0883 e. The van der Waals surface area contributed by atoms with E-state index in [1.54, 1.807) is 12.4 Å². The monoisotopic (exact) mass is 202 g/mol. The van der Waals surface area contributed by atoms with E-state index in [-0.39, 0.29) is 5.41 Å². The topological polar surface area (TPSA) is 25.8 Å². The molecule has 0 atom stereocenters. The molecule has 0 aromatic carbocycles. The molecule has 0 fully saturated rings. The summed E-state index contributed by atoms with van der Waals surface area (Å²) in [6.07, 6.45) is 11.8. The fourth-order valence-electron chi connectivity index (χ4n) is 1.39. The molecular weight excluding hydrogens is 184 g/mol. The first-order chi connectivity index (χ1) is 7.17. The SMILES string of the molecule is CC.CC1(C)C=CC=c2nccnc2=C1. The Kier molecular flexibility index (Phi) is 3.78. The van der Waals surface area contributed by atoms with Gasteiger partial charge >= 0.3 is 0 Å². The van der Waals surface area contributed by atoms with Crippen molar-refractivity contribution in [2.45, 2.75) is 27.7 Å². The van der Waals surface area contributed by atoms with Crippen molar-refractivity contribution in [2.75, 3.05) is 0 Å². The van der Waals surface area contributed by atoms with E-state index in [2.05, 4.69) is 36.0 Å². The van der Waals surface area contributed by atoms with Crippen molar-refractivity contribution >= 4 is 12.2 Å². The van der Waals surface area contributed by atoms with Crippen LogP contribution < -0.4 is 10.7 Å². The summed E-state index contributed by atoms with van der Waals surface area (Å²) in [5.41, 5.74) is 0.0672. The van der Waals surface area contributed by atoms with Gasteiger partial charge in [-0.2, -0.15) is 0 Å². The lowest BCUT2D eigenvalue weighted by molar-refractivity contribution is 0.668. The van der Waals surface area contributed by atoms with Crippen LogP contribution >= 0.6 is 0 Å². The van der Waals surface area contributed by atoms with Gasteiger partial charge in [-0.25, -0.2) is 0 Å². The van der Waals surface area contributed by atoms with E-state index in [0.717, 1.165) is 10.7 Å². The highest BCUT2D eigenvalue weighted by Gasteiger charge is 2.10. The van der Waals surface area contributed by atoms with Crippen molar-refractivity contribution in [1.29, 1.82) is 0 Å². The van der Waals surface area contributed by atoms with Crippen molar-refractivity contribution in [3.05, 3.63) is 35.2 Å². The van der Waals surface area contributed by atoms with Gasteiger partial charge in [-0.05, 0) is 12.2 Å². The van der Waals surface area contributed by atoms with Crippen molar-refractivity contribution in [2.24, 2.45) is 5.41 Å². The van der Waals surface area contributed by atoms with Gasteiger partial charge in [-0.1, -0.05) is 39.8 Å². The Labute approximate surface area is 91.1 Å². The predicted molar refractivity (Wildman–Crippen MR) is 64.5 cm³/mol. The lowest BCUT2D eigenvalue weighted by Gasteiger charge is -2.12. The van der Waals surface area contributed by atoms with Crippen LogP contribution in [0.3, 0.4) is 0 Å². The molecule has 2 nitrogen and oxygen atoms in total. The second-order valence-electron chi connectivity index (χ2n) is 3.82. The number of nitrogens with zero attached hydrogens (tertiary/aromatic N) is 2. The molecule has 15 heavy (non-hydrogen) atoms. The average molecular weight is 202 g/mol. The van der Waals surface area contributed by atoms with E-state index in [9.17, 15) is 0 Å². The minimum absolute atomic E-state index is 0.0672. The average Bonchev–Trinajstić information content (AvgIpc) is 2.37. The maximum atomic E-state index is 4.29. The van der Waals surface area contributed by atoms with Crippen molar-refractivity contribution in [3.63, 3.8) is 0 Å². The summed E-state index contributed by atoms with van der Waals surface area (Å²) in [4.78, 5) is 8.53. The summed E-state index contributed by atoms with van der Waals surface area (Å²) in [6.45, 7) is 8.31. The molecule has 2 rings (SSSR count). The van der Waals surface area contributed by atoms with Crippen LogP contribution in [0.5, 0.6) is 0 Å². The third kappa shape index (κ3) is 3.01. The van der Waals surface area contributed by atoms with Crippen LogP contribution in [0.1, 0.15) is 27.7 Å². The Morgan fingerprint density at radius 1 is 1.00 bits per heavy atom. The van der Waals surface area contributed by atoms with Gasteiger partial charge in [-0.15, -0.1) is 0 Å². The lowest BCUT2D eigenvalue weighted by atomic mass is 9.93. The molecule has 0 bridgehead atoms. The van der Waals surface area contributed by atoms with Crippen molar-refractivity contribution in [1.82, 2.24) is 9.97 Å². The summed E-state index contributed by atoms with van der Waals surface area (Å²) < 4.78 is 0. The van der Waals surface area contributed by atoms with Crippen LogP contribution in [0.4, 0.5) is 0 Å². The molecule has 0 N–H and O–H groups in total. The lowest BCUT2D eigenvalue weighted by Crippen LogP contribution is -2.31. The van der Waals surface area contributed by atoms with Gasteiger partial charge in [0.25, 0.3) is 0 Å². The summed E-state index contributed by atoms with van der Waals surface area (Å²) in [6, 6.07) is 0. The highest BCUT2D eigenvalue weighted by molar-refractivity contribution is 5.45. The summed E-state index contributed by atoms with van der Waals surface area (Å²) in [5, 5.41) is 1.92. The highest BCUT2D eigenvalue weighted by Crippen LogP contribution is 2.18. The Hall–Kier alpha value is -1.44. The molecule has 1 aliphatic carbocycles. The molecule has 0 saturated carbocycles. The maximum Gasteiger partial charge on any atom is 0.0883 e. The van der Waals surface area contributed by atoms with Crippen LogP contribution in [0.15, 0.2) is 24.5 Å². The first-order valence-corrected chi connectivity index (χ1v) is 5.37. The third-order valence-corrected chi connectivity index (χ3v) is 2.04. The molecule has 2 heteroatoms. The third-order valence-electron chi connectivity index (χ3n) is 2.04. The van der Waals surface area contributed by atoms with Gasteiger partial charge in [0, 0.05) is 17.8 Å². The normalized spacial score (nSPS) is 16.0. The van der Waals surface area contributed by atoms with Crippen LogP contribution in [-0.4, -0.2) is 9.97 Å². The van der Waals surface area contributed by atoms with Gasteiger partial charge in [0.15, 0.2) is 0 Å². The first-order valence-electron chi connectivity index (χ1n) is 5.37. The standard InChI is InChI=1S/C11H12N2.C2H6/c1-11(2)5-3-4-9-10(8-11)13-7-6-12-9;1-2/h3-8H,1-2H3;1-2H3.